The Hall–Kier alpha value is -1.97. The molecule has 0 saturated carbocycles. The SMILES string of the molecule is C=C(C)[C@@H]1Cc2c(C)nn(-c3cc(C)nc(C)n3)c2C1. The molecule has 4 heteroatoms. The fourth-order valence-electron chi connectivity index (χ4n) is 2.98. The molecule has 1 aliphatic carbocycles. The number of nitrogens with zero attached hydrogens (tertiary/aromatic N) is 4. The summed E-state index contributed by atoms with van der Waals surface area (Å²) in [6.07, 6.45) is 2.06. The summed E-state index contributed by atoms with van der Waals surface area (Å²) in [5.41, 5.74) is 5.99. The lowest BCUT2D eigenvalue weighted by Gasteiger charge is -2.10. The molecule has 0 saturated heterocycles. The Labute approximate surface area is 119 Å². The highest BCUT2D eigenvalue weighted by Crippen LogP contribution is 2.33. The van der Waals surface area contributed by atoms with E-state index in [0.29, 0.717) is 5.92 Å². The Morgan fingerprint density at radius 3 is 2.65 bits per heavy atom. The number of hydrogen-bond donors (Lipinski definition) is 0. The van der Waals surface area contributed by atoms with Crippen LogP contribution in [0.2, 0.25) is 0 Å². The molecule has 0 aliphatic heterocycles. The summed E-state index contributed by atoms with van der Waals surface area (Å²) < 4.78 is 2.00. The highest BCUT2D eigenvalue weighted by Gasteiger charge is 2.29. The van der Waals surface area contributed by atoms with Crippen molar-refractivity contribution in [1.29, 1.82) is 0 Å². The molecule has 0 bridgehead atoms. The molecule has 104 valence electrons. The molecule has 2 aromatic rings. The van der Waals surface area contributed by atoms with E-state index < -0.39 is 0 Å². The molecule has 0 fully saturated rings. The average Bonchev–Trinajstić information content (AvgIpc) is 2.89. The van der Waals surface area contributed by atoms with Crippen molar-refractivity contribution in [2.45, 2.75) is 40.5 Å². The van der Waals surface area contributed by atoms with Crippen LogP contribution in [0.15, 0.2) is 18.2 Å². The molecular formula is C16H20N4. The van der Waals surface area contributed by atoms with Crippen LogP contribution in [0.25, 0.3) is 5.82 Å². The minimum Gasteiger partial charge on any atom is -0.238 e. The van der Waals surface area contributed by atoms with Gasteiger partial charge in [0.1, 0.15) is 5.82 Å². The van der Waals surface area contributed by atoms with Crippen LogP contribution in [0, 0.1) is 26.7 Å². The molecule has 0 unspecified atom stereocenters. The first-order valence-corrected chi connectivity index (χ1v) is 7.01. The molecule has 0 N–H and O–H groups in total. The minimum atomic E-state index is 0.539. The van der Waals surface area contributed by atoms with Crippen molar-refractivity contribution in [2.24, 2.45) is 5.92 Å². The summed E-state index contributed by atoms with van der Waals surface area (Å²) in [6, 6.07) is 1.99. The van der Waals surface area contributed by atoms with Crippen LogP contribution in [0.3, 0.4) is 0 Å². The van der Waals surface area contributed by atoms with Crippen LogP contribution < -0.4 is 0 Å². The van der Waals surface area contributed by atoms with E-state index in [0.717, 1.165) is 35.9 Å². The Morgan fingerprint density at radius 2 is 2.00 bits per heavy atom. The Morgan fingerprint density at radius 1 is 1.25 bits per heavy atom. The standard InChI is InChI=1S/C16H20N4/c1-9(2)13-7-14-11(4)19-20(15(14)8-13)16-6-10(3)17-12(5)18-16/h6,13H,1,7-8H2,2-5H3/t13-/m1/s1. The zero-order valence-corrected chi connectivity index (χ0v) is 12.6. The van der Waals surface area contributed by atoms with E-state index in [2.05, 4.69) is 35.5 Å². The summed E-state index contributed by atoms with van der Waals surface area (Å²) in [4.78, 5) is 8.87. The summed E-state index contributed by atoms with van der Waals surface area (Å²) in [5.74, 6) is 2.20. The van der Waals surface area contributed by atoms with E-state index in [-0.39, 0.29) is 0 Å². The van der Waals surface area contributed by atoms with Crippen molar-refractivity contribution >= 4 is 0 Å². The maximum atomic E-state index is 4.68. The zero-order valence-electron chi connectivity index (χ0n) is 12.6. The zero-order chi connectivity index (χ0) is 14.4. The van der Waals surface area contributed by atoms with Gasteiger partial charge in [-0.2, -0.15) is 5.10 Å². The molecule has 20 heavy (non-hydrogen) atoms. The van der Waals surface area contributed by atoms with Crippen LogP contribution >= 0.6 is 0 Å². The molecule has 4 nitrogen and oxygen atoms in total. The largest absolute Gasteiger partial charge is 0.238 e. The van der Waals surface area contributed by atoms with Crippen LogP contribution in [0.5, 0.6) is 0 Å². The van der Waals surface area contributed by atoms with Gasteiger partial charge >= 0.3 is 0 Å². The third-order valence-corrected chi connectivity index (χ3v) is 4.05. The number of aryl methyl sites for hydroxylation is 3. The summed E-state index contributed by atoms with van der Waals surface area (Å²) in [5, 5.41) is 4.68. The van der Waals surface area contributed by atoms with Crippen molar-refractivity contribution in [3.8, 4) is 5.82 Å². The van der Waals surface area contributed by atoms with Crippen LogP contribution in [0.1, 0.15) is 35.4 Å². The van der Waals surface area contributed by atoms with Crippen LogP contribution in [0.4, 0.5) is 0 Å². The Balaban J connectivity index is 2.09. The molecule has 2 aromatic heterocycles. The van der Waals surface area contributed by atoms with E-state index in [4.69, 9.17) is 0 Å². The smallest absolute Gasteiger partial charge is 0.157 e. The van der Waals surface area contributed by atoms with Gasteiger partial charge in [-0.3, -0.25) is 0 Å². The number of allylic oxidation sites excluding steroid dienone is 1. The number of hydrogen-bond acceptors (Lipinski definition) is 3. The predicted octanol–water partition coefficient (Wildman–Crippen LogP) is 2.88. The van der Waals surface area contributed by atoms with Crippen molar-refractivity contribution in [3.63, 3.8) is 0 Å². The monoisotopic (exact) mass is 268 g/mol. The molecule has 0 aromatic carbocycles. The second kappa shape index (κ2) is 4.54. The van der Waals surface area contributed by atoms with Gasteiger partial charge in [0.25, 0.3) is 0 Å². The van der Waals surface area contributed by atoms with E-state index in [1.165, 1.54) is 16.8 Å². The molecular weight excluding hydrogens is 248 g/mol. The van der Waals surface area contributed by atoms with Gasteiger partial charge in [-0.15, -0.1) is 0 Å². The van der Waals surface area contributed by atoms with Crippen molar-refractivity contribution in [3.05, 3.63) is 46.7 Å². The molecule has 0 spiro atoms. The van der Waals surface area contributed by atoms with Gasteiger partial charge < -0.3 is 0 Å². The second-order valence-electron chi connectivity index (χ2n) is 5.79. The Bertz CT molecular complexity index is 676. The van der Waals surface area contributed by atoms with Gasteiger partial charge in [0.05, 0.1) is 11.4 Å². The van der Waals surface area contributed by atoms with Gasteiger partial charge in [0, 0.05) is 11.8 Å². The molecule has 0 amide bonds. The molecule has 1 aliphatic rings. The highest BCUT2D eigenvalue weighted by atomic mass is 15.3. The lowest BCUT2D eigenvalue weighted by molar-refractivity contribution is 0.628. The fraction of sp³-hybridized carbons (Fsp3) is 0.438. The van der Waals surface area contributed by atoms with E-state index in [9.17, 15) is 0 Å². The van der Waals surface area contributed by atoms with Gasteiger partial charge in [0.15, 0.2) is 5.82 Å². The normalized spacial score (nSPS) is 17.3. The molecule has 3 rings (SSSR count). The second-order valence-corrected chi connectivity index (χ2v) is 5.79. The van der Waals surface area contributed by atoms with E-state index >= 15 is 0 Å². The summed E-state index contributed by atoms with van der Waals surface area (Å²) >= 11 is 0. The topological polar surface area (TPSA) is 43.6 Å². The first kappa shape index (κ1) is 13.0. The highest BCUT2D eigenvalue weighted by molar-refractivity contribution is 5.39. The van der Waals surface area contributed by atoms with E-state index in [1.807, 2.05) is 24.6 Å². The van der Waals surface area contributed by atoms with Gasteiger partial charge in [-0.25, -0.2) is 14.6 Å². The number of fused-ring (bicyclic) bond motifs is 1. The van der Waals surface area contributed by atoms with Gasteiger partial charge in [0.2, 0.25) is 0 Å². The Kier molecular flexibility index (Phi) is 2.96. The van der Waals surface area contributed by atoms with Crippen molar-refractivity contribution in [1.82, 2.24) is 19.7 Å². The first-order chi connectivity index (χ1) is 9.45. The predicted molar refractivity (Wildman–Crippen MR) is 79.1 cm³/mol. The summed E-state index contributed by atoms with van der Waals surface area (Å²) in [6.45, 7) is 12.2. The van der Waals surface area contributed by atoms with Crippen LogP contribution in [-0.4, -0.2) is 19.7 Å². The minimum absolute atomic E-state index is 0.539. The van der Waals surface area contributed by atoms with Crippen molar-refractivity contribution < 1.29 is 0 Å². The van der Waals surface area contributed by atoms with E-state index in [1.54, 1.807) is 0 Å². The summed E-state index contributed by atoms with van der Waals surface area (Å²) in [7, 11) is 0. The number of aromatic nitrogens is 4. The molecule has 2 heterocycles. The average molecular weight is 268 g/mol. The first-order valence-electron chi connectivity index (χ1n) is 7.01. The fourth-order valence-corrected chi connectivity index (χ4v) is 2.98. The lowest BCUT2D eigenvalue weighted by Crippen LogP contribution is -2.09. The van der Waals surface area contributed by atoms with Crippen LogP contribution in [-0.2, 0) is 12.8 Å². The maximum Gasteiger partial charge on any atom is 0.157 e. The third-order valence-electron chi connectivity index (χ3n) is 4.05. The van der Waals surface area contributed by atoms with Gasteiger partial charge in [-0.1, -0.05) is 12.2 Å². The van der Waals surface area contributed by atoms with Gasteiger partial charge in [-0.05, 0) is 52.0 Å². The number of rotatable bonds is 2. The molecule has 0 radical (unpaired) electrons. The molecule has 1 atom stereocenters. The maximum absolute atomic E-state index is 4.68. The third kappa shape index (κ3) is 2.05. The van der Waals surface area contributed by atoms with Crippen molar-refractivity contribution in [2.75, 3.05) is 0 Å². The quantitative estimate of drug-likeness (QED) is 0.787. The lowest BCUT2D eigenvalue weighted by atomic mass is 9.99.